The number of benzene rings is 1. The van der Waals surface area contributed by atoms with Crippen LogP contribution >= 0.6 is 0 Å². The van der Waals surface area contributed by atoms with Crippen LogP contribution in [-0.4, -0.2) is 49.4 Å². The number of carbonyl (C=O) groups excluding carboxylic acids is 2. The molecule has 0 aliphatic carbocycles. The van der Waals surface area contributed by atoms with Crippen molar-refractivity contribution in [2.75, 3.05) is 23.4 Å². The second kappa shape index (κ2) is 7.25. The topological polar surface area (TPSA) is 148 Å². The van der Waals surface area contributed by atoms with Crippen molar-refractivity contribution in [3.63, 3.8) is 0 Å². The molecule has 1 aromatic carbocycles. The molecule has 11 heteroatoms. The summed E-state index contributed by atoms with van der Waals surface area (Å²) in [5.74, 6) is -0.566. The normalized spacial score (nSPS) is 18.6. The highest BCUT2D eigenvalue weighted by atomic mass is 32.2. The van der Waals surface area contributed by atoms with Gasteiger partial charge in [0.2, 0.25) is 5.91 Å². The molecule has 0 aromatic heterocycles. The Hall–Kier alpha value is -2.69. The number of non-ortho nitro benzene ring substituents is 1. The monoisotopic (exact) mass is 356 g/mol. The Morgan fingerprint density at radius 1 is 1.33 bits per heavy atom. The second-order valence-electron chi connectivity index (χ2n) is 5.28. The first kappa shape index (κ1) is 17.7. The number of sulfone groups is 1. The van der Waals surface area contributed by atoms with Crippen molar-refractivity contribution < 1.29 is 22.9 Å². The predicted octanol–water partition coefficient (Wildman–Crippen LogP) is 0.0196. The number of urea groups is 1. The molecule has 0 radical (unpaired) electrons. The van der Waals surface area contributed by atoms with Gasteiger partial charge in [-0.05, 0) is 12.5 Å². The third-order valence-electron chi connectivity index (χ3n) is 3.32. The number of hydrogen-bond acceptors (Lipinski definition) is 6. The molecule has 3 N–H and O–H groups in total. The number of nitrogens with zero attached hydrogens (tertiary/aromatic N) is 1. The number of rotatable bonds is 5. The van der Waals surface area contributed by atoms with E-state index in [0.29, 0.717) is 6.42 Å². The fourth-order valence-electron chi connectivity index (χ4n) is 2.22. The second-order valence-corrected chi connectivity index (χ2v) is 7.51. The molecule has 0 unspecified atom stereocenters. The first-order valence-corrected chi connectivity index (χ1v) is 8.86. The summed E-state index contributed by atoms with van der Waals surface area (Å²) in [5, 5.41) is 17.8. The summed E-state index contributed by atoms with van der Waals surface area (Å²) in [5.41, 5.74) is 0.0389. The van der Waals surface area contributed by atoms with E-state index in [4.69, 9.17) is 0 Å². The molecule has 10 nitrogen and oxygen atoms in total. The standard InChI is InChI=1S/C13H16N4O6S/c18-12(15-10-4-5-24(22,23)8-10)7-14-13(19)16-9-2-1-3-11(6-9)17(20)21/h1-3,6,10H,4-5,7-8H2,(H,15,18)(H2,14,16,19)/t10-/m1/s1. The van der Waals surface area contributed by atoms with Crippen LogP contribution in [0.4, 0.5) is 16.2 Å². The van der Waals surface area contributed by atoms with E-state index in [1.165, 1.54) is 24.3 Å². The van der Waals surface area contributed by atoms with Gasteiger partial charge in [0, 0.05) is 23.9 Å². The SMILES string of the molecule is O=C(CNC(=O)Nc1cccc([N+](=O)[O-])c1)N[C@@H]1CCS(=O)(=O)C1. The smallest absolute Gasteiger partial charge is 0.319 e. The van der Waals surface area contributed by atoms with Crippen LogP contribution in [0.2, 0.25) is 0 Å². The molecule has 2 rings (SSSR count). The van der Waals surface area contributed by atoms with Crippen molar-refractivity contribution in [2.24, 2.45) is 0 Å². The largest absolute Gasteiger partial charge is 0.351 e. The molecule has 1 aliphatic heterocycles. The van der Waals surface area contributed by atoms with Crippen molar-refractivity contribution in [3.05, 3.63) is 34.4 Å². The van der Waals surface area contributed by atoms with E-state index in [1.54, 1.807) is 0 Å². The Balaban J connectivity index is 1.78. The van der Waals surface area contributed by atoms with Gasteiger partial charge in [0.25, 0.3) is 5.69 Å². The lowest BCUT2D eigenvalue weighted by Gasteiger charge is -2.12. The highest BCUT2D eigenvalue weighted by Crippen LogP contribution is 2.16. The maximum absolute atomic E-state index is 11.7. The van der Waals surface area contributed by atoms with Crippen LogP contribution < -0.4 is 16.0 Å². The maximum Gasteiger partial charge on any atom is 0.319 e. The average Bonchev–Trinajstić information content (AvgIpc) is 2.84. The van der Waals surface area contributed by atoms with Crippen LogP contribution in [0, 0.1) is 10.1 Å². The molecule has 1 saturated heterocycles. The number of nitro benzene ring substituents is 1. The molecule has 130 valence electrons. The highest BCUT2D eigenvalue weighted by molar-refractivity contribution is 7.91. The van der Waals surface area contributed by atoms with E-state index in [1.807, 2.05) is 0 Å². The summed E-state index contributed by atoms with van der Waals surface area (Å²) in [6, 6.07) is 4.21. The quantitative estimate of drug-likeness (QED) is 0.500. The van der Waals surface area contributed by atoms with E-state index in [2.05, 4.69) is 16.0 Å². The molecule has 0 spiro atoms. The summed E-state index contributed by atoms with van der Waals surface area (Å²) in [4.78, 5) is 33.4. The molecule has 1 fully saturated rings. The van der Waals surface area contributed by atoms with Crippen LogP contribution in [-0.2, 0) is 14.6 Å². The van der Waals surface area contributed by atoms with Gasteiger partial charge in [-0.1, -0.05) is 6.07 Å². The van der Waals surface area contributed by atoms with E-state index >= 15 is 0 Å². The van der Waals surface area contributed by atoms with Gasteiger partial charge in [0.1, 0.15) is 0 Å². The van der Waals surface area contributed by atoms with E-state index in [-0.39, 0.29) is 29.4 Å². The fourth-order valence-corrected chi connectivity index (χ4v) is 3.89. The average molecular weight is 356 g/mol. The Morgan fingerprint density at radius 2 is 2.08 bits per heavy atom. The van der Waals surface area contributed by atoms with E-state index < -0.39 is 32.7 Å². The highest BCUT2D eigenvalue weighted by Gasteiger charge is 2.28. The lowest BCUT2D eigenvalue weighted by atomic mass is 10.2. The molecule has 0 bridgehead atoms. The number of carbonyl (C=O) groups is 2. The fraction of sp³-hybridized carbons (Fsp3) is 0.385. The summed E-state index contributed by atoms with van der Waals surface area (Å²) >= 11 is 0. The summed E-state index contributed by atoms with van der Waals surface area (Å²) in [6.07, 6.45) is 0.355. The third kappa shape index (κ3) is 5.19. The van der Waals surface area contributed by atoms with Crippen LogP contribution in [0.3, 0.4) is 0 Å². The molecule has 1 aliphatic rings. The molecule has 1 heterocycles. The minimum Gasteiger partial charge on any atom is -0.351 e. The first-order valence-electron chi connectivity index (χ1n) is 7.04. The van der Waals surface area contributed by atoms with Crippen molar-refractivity contribution in [2.45, 2.75) is 12.5 Å². The molecule has 24 heavy (non-hydrogen) atoms. The summed E-state index contributed by atoms with van der Waals surface area (Å²) < 4.78 is 22.6. The van der Waals surface area contributed by atoms with Gasteiger partial charge >= 0.3 is 6.03 Å². The van der Waals surface area contributed by atoms with Crippen molar-refractivity contribution >= 4 is 33.2 Å². The number of nitro groups is 1. The van der Waals surface area contributed by atoms with Gasteiger partial charge in [0.15, 0.2) is 9.84 Å². The zero-order chi connectivity index (χ0) is 17.7. The van der Waals surface area contributed by atoms with Crippen LogP contribution in [0.5, 0.6) is 0 Å². The summed E-state index contributed by atoms with van der Waals surface area (Å²) in [7, 11) is -3.09. The van der Waals surface area contributed by atoms with Gasteiger partial charge in [-0.3, -0.25) is 14.9 Å². The lowest BCUT2D eigenvalue weighted by molar-refractivity contribution is -0.384. The van der Waals surface area contributed by atoms with Gasteiger partial charge < -0.3 is 16.0 Å². The Bertz CT molecular complexity index is 763. The predicted molar refractivity (Wildman–Crippen MR) is 85.3 cm³/mol. The van der Waals surface area contributed by atoms with E-state index in [0.717, 1.165) is 0 Å². The maximum atomic E-state index is 11.7. The molecule has 1 aromatic rings. The number of nitrogens with one attached hydrogen (secondary N) is 3. The van der Waals surface area contributed by atoms with Crippen molar-refractivity contribution in [3.8, 4) is 0 Å². The number of amides is 3. The Morgan fingerprint density at radius 3 is 2.71 bits per heavy atom. The zero-order valence-corrected chi connectivity index (χ0v) is 13.3. The molecular formula is C13H16N4O6S. The van der Waals surface area contributed by atoms with Gasteiger partial charge in [-0.2, -0.15) is 0 Å². The molecule has 0 saturated carbocycles. The van der Waals surface area contributed by atoms with Gasteiger partial charge in [-0.25, -0.2) is 13.2 Å². The van der Waals surface area contributed by atoms with E-state index in [9.17, 15) is 28.1 Å². The minimum atomic E-state index is -3.09. The van der Waals surface area contributed by atoms with Crippen molar-refractivity contribution in [1.29, 1.82) is 0 Å². The minimum absolute atomic E-state index is 0.0403. The Labute approximate surface area is 137 Å². The Kier molecular flexibility index (Phi) is 5.34. The number of anilines is 1. The first-order chi connectivity index (χ1) is 11.2. The zero-order valence-electron chi connectivity index (χ0n) is 12.5. The van der Waals surface area contributed by atoms with Gasteiger partial charge in [0.05, 0.1) is 23.0 Å². The van der Waals surface area contributed by atoms with Crippen LogP contribution in [0.1, 0.15) is 6.42 Å². The van der Waals surface area contributed by atoms with Crippen LogP contribution in [0.15, 0.2) is 24.3 Å². The molecule has 3 amide bonds. The number of hydrogen-bond donors (Lipinski definition) is 3. The van der Waals surface area contributed by atoms with Crippen LogP contribution in [0.25, 0.3) is 0 Å². The van der Waals surface area contributed by atoms with Crippen molar-refractivity contribution in [1.82, 2.24) is 10.6 Å². The molecule has 1 atom stereocenters. The van der Waals surface area contributed by atoms with Gasteiger partial charge in [-0.15, -0.1) is 0 Å². The molecular weight excluding hydrogens is 340 g/mol. The third-order valence-corrected chi connectivity index (χ3v) is 5.09. The summed E-state index contributed by atoms with van der Waals surface area (Å²) in [6.45, 7) is -0.336. The lowest BCUT2D eigenvalue weighted by Crippen LogP contribution is -2.43.